The van der Waals surface area contributed by atoms with Crippen LogP contribution >= 0.6 is 0 Å². The number of methoxy groups -OCH3 is 1. The van der Waals surface area contributed by atoms with Crippen molar-refractivity contribution in [3.05, 3.63) is 71.8 Å². The SMILES string of the molecule is COc1cc(F)ccc1-c1ccncc1NC(=O)c1cc(CS(C)(=O)=O)cc(OC(F)(F)F)c1. The Morgan fingerprint density at radius 3 is 2.47 bits per heavy atom. The van der Waals surface area contributed by atoms with Gasteiger partial charge in [0.15, 0.2) is 9.84 Å². The summed E-state index contributed by atoms with van der Waals surface area (Å²) in [5.74, 6) is -2.56. The number of halogens is 4. The van der Waals surface area contributed by atoms with Crippen molar-refractivity contribution in [3.8, 4) is 22.6 Å². The number of aromatic nitrogens is 1. The molecule has 3 rings (SSSR count). The van der Waals surface area contributed by atoms with Crippen LogP contribution in [0.4, 0.5) is 23.2 Å². The predicted octanol–water partition coefficient (Wildman–Crippen LogP) is 4.59. The van der Waals surface area contributed by atoms with Crippen LogP contribution in [0.1, 0.15) is 15.9 Å². The van der Waals surface area contributed by atoms with Crippen LogP contribution in [0.15, 0.2) is 54.9 Å². The molecule has 34 heavy (non-hydrogen) atoms. The molecule has 0 saturated heterocycles. The number of amides is 1. The molecule has 2 aromatic carbocycles. The number of hydrogen-bond acceptors (Lipinski definition) is 6. The first-order valence-corrected chi connectivity index (χ1v) is 11.6. The number of nitrogens with one attached hydrogen (secondary N) is 1. The molecule has 0 unspecified atom stereocenters. The monoisotopic (exact) mass is 498 g/mol. The molecule has 0 bridgehead atoms. The number of alkyl halides is 3. The quantitative estimate of drug-likeness (QED) is 0.479. The van der Waals surface area contributed by atoms with Crippen molar-refractivity contribution >= 4 is 21.4 Å². The topological polar surface area (TPSA) is 94.6 Å². The number of anilines is 1. The fourth-order valence-corrected chi connectivity index (χ4v) is 3.95. The molecule has 0 aliphatic carbocycles. The Kier molecular flexibility index (Phi) is 7.10. The lowest BCUT2D eigenvalue weighted by molar-refractivity contribution is -0.274. The third-order valence-electron chi connectivity index (χ3n) is 4.41. The first-order valence-electron chi connectivity index (χ1n) is 9.51. The van der Waals surface area contributed by atoms with Crippen LogP contribution < -0.4 is 14.8 Å². The largest absolute Gasteiger partial charge is 0.573 e. The van der Waals surface area contributed by atoms with Crippen LogP contribution in [0.3, 0.4) is 0 Å². The number of sulfone groups is 1. The number of ether oxygens (including phenoxy) is 2. The van der Waals surface area contributed by atoms with E-state index in [0.29, 0.717) is 11.1 Å². The molecule has 0 aliphatic rings. The molecular formula is C22H18F4N2O5S. The second-order valence-corrected chi connectivity index (χ2v) is 9.34. The van der Waals surface area contributed by atoms with Gasteiger partial charge in [-0.05, 0) is 42.0 Å². The second-order valence-electron chi connectivity index (χ2n) is 7.20. The minimum absolute atomic E-state index is 0.0685. The Balaban J connectivity index is 2.00. The highest BCUT2D eigenvalue weighted by Crippen LogP contribution is 2.35. The number of nitrogens with zero attached hydrogens (tertiary/aromatic N) is 1. The molecule has 0 saturated carbocycles. The molecule has 12 heteroatoms. The van der Waals surface area contributed by atoms with Crippen LogP contribution in [-0.2, 0) is 15.6 Å². The molecule has 0 radical (unpaired) electrons. The van der Waals surface area contributed by atoms with Gasteiger partial charge in [-0.3, -0.25) is 9.78 Å². The molecule has 0 atom stereocenters. The highest BCUT2D eigenvalue weighted by molar-refractivity contribution is 7.89. The van der Waals surface area contributed by atoms with E-state index in [4.69, 9.17) is 4.74 Å². The standard InChI is InChI=1S/C22H18F4N2O5S/c1-32-20-10-15(23)3-4-18(20)17-5-6-27-11-19(17)28-21(29)14-7-13(12-34(2,30)31)8-16(9-14)33-22(24,25)26/h3-11H,12H2,1-2H3,(H,28,29). The molecule has 1 amide bonds. The lowest BCUT2D eigenvalue weighted by atomic mass is 10.0. The normalized spacial score (nSPS) is 11.7. The Morgan fingerprint density at radius 1 is 1.09 bits per heavy atom. The maximum absolute atomic E-state index is 13.6. The predicted molar refractivity (Wildman–Crippen MR) is 116 cm³/mol. The molecule has 0 spiro atoms. The molecule has 0 fully saturated rings. The summed E-state index contributed by atoms with van der Waals surface area (Å²) in [6, 6.07) is 8.18. The van der Waals surface area contributed by atoms with Crippen molar-refractivity contribution in [3.63, 3.8) is 0 Å². The van der Waals surface area contributed by atoms with Gasteiger partial charge in [-0.25, -0.2) is 12.8 Å². The van der Waals surface area contributed by atoms with E-state index in [0.717, 1.165) is 30.5 Å². The minimum atomic E-state index is -5.05. The van der Waals surface area contributed by atoms with Crippen molar-refractivity contribution in [1.29, 1.82) is 0 Å². The lowest BCUT2D eigenvalue weighted by Crippen LogP contribution is -2.19. The van der Waals surface area contributed by atoms with Gasteiger partial charge in [0.2, 0.25) is 0 Å². The number of carbonyl (C=O) groups is 1. The smallest absolute Gasteiger partial charge is 0.496 e. The van der Waals surface area contributed by atoms with E-state index in [1.165, 1.54) is 37.7 Å². The van der Waals surface area contributed by atoms with Crippen molar-refractivity contribution in [2.75, 3.05) is 18.7 Å². The number of benzene rings is 2. The maximum Gasteiger partial charge on any atom is 0.573 e. The van der Waals surface area contributed by atoms with Gasteiger partial charge in [0.1, 0.15) is 17.3 Å². The Hall–Kier alpha value is -3.67. The third kappa shape index (κ3) is 6.67. The highest BCUT2D eigenvalue weighted by atomic mass is 32.2. The fourth-order valence-electron chi connectivity index (χ4n) is 3.18. The molecule has 1 heterocycles. The maximum atomic E-state index is 13.6. The number of rotatable bonds is 7. The summed E-state index contributed by atoms with van der Waals surface area (Å²) in [7, 11) is -2.28. The van der Waals surface area contributed by atoms with E-state index in [-0.39, 0.29) is 22.6 Å². The van der Waals surface area contributed by atoms with E-state index in [2.05, 4.69) is 15.0 Å². The van der Waals surface area contributed by atoms with E-state index in [1.807, 2.05) is 0 Å². The van der Waals surface area contributed by atoms with Gasteiger partial charge < -0.3 is 14.8 Å². The zero-order valence-electron chi connectivity index (χ0n) is 17.8. The summed E-state index contributed by atoms with van der Waals surface area (Å²) in [5, 5.41) is 2.53. The first kappa shape index (κ1) is 25.0. The summed E-state index contributed by atoms with van der Waals surface area (Å²) in [5.41, 5.74) is 0.638. The van der Waals surface area contributed by atoms with E-state index in [1.54, 1.807) is 0 Å². The van der Waals surface area contributed by atoms with Crippen LogP contribution in [-0.4, -0.2) is 39.0 Å². The zero-order valence-corrected chi connectivity index (χ0v) is 18.6. The van der Waals surface area contributed by atoms with E-state index >= 15 is 0 Å². The number of carbonyl (C=O) groups excluding carboxylic acids is 1. The van der Waals surface area contributed by atoms with E-state index < -0.39 is 39.4 Å². The summed E-state index contributed by atoms with van der Waals surface area (Å²) < 4.78 is 84.2. The van der Waals surface area contributed by atoms with E-state index in [9.17, 15) is 30.8 Å². The van der Waals surface area contributed by atoms with Gasteiger partial charge >= 0.3 is 6.36 Å². The summed E-state index contributed by atoms with van der Waals surface area (Å²) >= 11 is 0. The molecular weight excluding hydrogens is 480 g/mol. The summed E-state index contributed by atoms with van der Waals surface area (Å²) in [6.07, 6.45) is -1.42. The summed E-state index contributed by atoms with van der Waals surface area (Å²) in [4.78, 5) is 16.9. The van der Waals surface area contributed by atoms with Crippen LogP contribution in [0.5, 0.6) is 11.5 Å². The zero-order chi connectivity index (χ0) is 25.1. The molecule has 1 aromatic heterocycles. The van der Waals surface area contributed by atoms with Gasteiger partial charge in [-0.1, -0.05) is 0 Å². The van der Waals surface area contributed by atoms with Gasteiger partial charge in [0.25, 0.3) is 5.91 Å². The molecule has 1 N–H and O–H groups in total. The average Bonchev–Trinajstić information content (AvgIpc) is 2.71. The minimum Gasteiger partial charge on any atom is -0.496 e. The van der Waals surface area contributed by atoms with Crippen LogP contribution in [0.2, 0.25) is 0 Å². The van der Waals surface area contributed by atoms with Gasteiger partial charge in [0, 0.05) is 35.2 Å². The Labute approximate surface area is 192 Å². The highest BCUT2D eigenvalue weighted by Gasteiger charge is 2.31. The fraction of sp³-hybridized carbons (Fsp3) is 0.182. The van der Waals surface area contributed by atoms with Crippen LogP contribution in [0.25, 0.3) is 11.1 Å². The molecule has 7 nitrogen and oxygen atoms in total. The first-order chi connectivity index (χ1) is 15.8. The van der Waals surface area contributed by atoms with Crippen molar-refractivity contribution in [2.45, 2.75) is 12.1 Å². The van der Waals surface area contributed by atoms with Gasteiger partial charge in [0.05, 0.1) is 24.7 Å². The molecule has 0 aliphatic heterocycles. The Bertz CT molecular complexity index is 1330. The Morgan fingerprint density at radius 2 is 1.82 bits per heavy atom. The van der Waals surface area contributed by atoms with Crippen molar-refractivity contribution in [2.24, 2.45) is 0 Å². The average molecular weight is 498 g/mol. The third-order valence-corrected chi connectivity index (χ3v) is 5.27. The van der Waals surface area contributed by atoms with Gasteiger partial charge in [-0.15, -0.1) is 13.2 Å². The lowest BCUT2D eigenvalue weighted by Gasteiger charge is -2.15. The second kappa shape index (κ2) is 9.67. The van der Waals surface area contributed by atoms with Gasteiger partial charge in [-0.2, -0.15) is 0 Å². The summed E-state index contributed by atoms with van der Waals surface area (Å²) in [6.45, 7) is 0. The van der Waals surface area contributed by atoms with Crippen LogP contribution in [0, 0.1) is 5.82 Å². The van der Waals surface area contributed by atoms with Crippen molar-refractivity contribution < 1.29 is 40.2 Å². The van der Waals surface area contributed by atoms with Crippen molar-refractivity contribution in [1.82, 2.24) is 4.98 Å². The number of hydrogen-bond donors (Lipinski definition) is 1. The number of pyridine rings is 1. The molecule has 3 aromatic rings. The molecule has 180 valence electrons.